The molecule has 4 unspecified atom stereocenters. The minimum absolute atomic E-state index is 0. The molecule has 5 aromatic carbocycles. The molecule has 4 heterocycles. The first kappa shape index (κ1) is 88.5. The smallest absolute Gasteiger partial charge is 0.365 e. The summed E-state index contributed by atoms with van der Waals surface area (Å²) in [6, 6.07) is 34.9. The Balaban J connectivity index is 0.000000198. The Labute approximate surface area is 680 Å². The van der Waals surface area contributed by atoms with Gasteiger partial charge in [0.15, 0.2) is 29.1 Å². The van der Waals surface area contributed by atoms with Crippen molar-refractivity contribution in [2.75, 3.05) is 0 Å². The van der Waals surface area contributed by atoms with Gasteiger partial charge < -0.3 is 14.5 Å². The molecule has 5 aliphatic carbocycles. The van der Waals surface area contributed by atoms with Crippen LogP contribution in [0.25, 0.3) is 38.8 Å². The summed E-state index contributed by atoms with van der Waals surface area (Å²) in [4.78, 5) is 17.6. The molecule has 1 aliphatic heterocycles. The number of allylic oxidation sites excluding steroid dienone is 5. The summed E-state index contributed by atoms with van der Waals surface area (Å²) in [6.45, 7) is 18.2. The molecular formula is C83H94F8Ir3N8OPPdS-3. The number of benzene rings is 5. The second-order valence-corrected chi connectivity index (χ2v) is 33.6. The van der Waals surface area contributed by atoms with E-state index >= 15 is 0 Å². The molecule has 4 fully saturated rings. The van der Waals surface area contributed by atoms with Gasteiger partial charge in [-0.3, -0.25) is 4.98 Å². The summed E-state index contributed by atoms with van der Waals surface area (Å²) in [6.07, 6.45) is 32.5. The third-order valence-electron chi connectivity index (χ3n) is 22.5. The van der Waals surface area contributed by atoms with E-state index in [1.165, 1.54) is 150 Å². The zero-order chi connectivity index (χ0) is 72.5. The van der Waals surface area contributed by atoms with Crippen molar-refractivity contribution >= 4 is 36.8 Å². The third-order valence-corrected chi connectivity index (χ3v) is 24.8. The van der Waals surface area contributed by atoms with Gasteiger partial charge >= 0.3 is 6.18 Å². The molecule has 14 rings (SSSR count). The maximum atomic E-state index is 14.5. The van der Waals surface area contributed by atoms with Crippen LogP contribution in [0.3, 0.4) is 0 Å². The van der Waals surface area contributed by atoms with Crippen molar-refractivity contribution in [2.45, 2.75) is 220 Å². The minimum atomic E-state index is -4.35. The predicted molar refractivity (Wildman–Crippen MR) is 393 cm³/mol. The van der Waals surface area contributed by atoms with Crippen LogP contribution in [0.1, 0.15) is 231 Å². The third kappa shape index (κ3) is 21.9. The number of aryl methyl sites for hydroxylation is 1. The number of rotatable bonds is 17. The van der Waals surface area contributed by atoms with Crippen molar-refractivity contribution in [1.29, 1.82) is 0 Å². The standard InChI is InChI=1S/C28H23F5N.C20H29N2OP.C18H23N2S.C17H19F3N3.3Ir.Pd/c1-15(28(2)12-5-6-13-28)26-18-10-3-4-11-19(18)27(34-26)17-9-7-8-16(14-17)20-21(29)23(31)25(33)24(32)22(20)30;1-19(2,24-16-11-7-6-8-12-16)18-21-17(23-22-18)15-20(3)13-9-4-5-10-14-20;1-18(12-6-3-7-13-18)14-8-11-16-19-17(21-20-16)15-9-4-2-5-10-15;1-11(16(2)9-3-4-10-16)14-21-15(23-22-14)12-5-7-13(8-6-12)17(18,19)20;;;;/h3-4,7-8,10-11,14-15,18H,5-6,12-13H2,1-2H3;6-8,11-12,24H,4-5,9-10,13-15H2,1-3H3;2,4-5,9H,3,6-8,11-14H2,1H3;5,7-8,11H,3-4,9-10H2,1-2H3,(H,21,22,23);;;;/q-1;;2*-1;;;;. The Morgan fingerprint density at radius 1 is 0.642 bits per heavy atom. The van der Waals surface area contributed by atoms with Crippen LogP contribution in [0, 0.1) is 80.8 Å². The quantitative estimate of drug-likeness (QED) is 0.0183. The molecule has 6 aliphatic rings. The Morgan fingerprint density at radius 2 is 1.24 bits per heavy atom. The number of fused-ring (bicyclic) bond motifs is 1. The Morgan fingerprint density at radius 3 is 1.85 bits per heavy atom. The molecule has 579 valence electrons. The van der Waals surface area contributed by atoms with Crippen molar-refractivity contribution in [3.8, 4) is 33.1 Å². The van der Waals surface area contributed by atoms with Gasteiger partial charge in [0.25, 0.3) is 0 Å². The molecule has 4 atom stereocenters. The largest absolute Gasteiger partial charge is 0.381 e. The Kier molecular flexibility index (Phi) is 32.6. The topological polar surface area (TPSA) is 119 Å². The van der Waals surface area contributed by atoms with Gasteiger partial charge in [-0.25, -0.2) is 22.0 Å². The van der Waals surface area contributed by atoms with Crippen LogP contribution in [-0.2, 0) is 105 Å². The normalized spacial score (nSPS) is 18.9. The molecule has 1 N–H and O–H groups in total. The molecule has 0 spiro atoms. The molecule has 3 radical (unpaired) electrons. The number of hydrogen-bond donors (Lipinski definition) is 1. The van der Waals surface area contributed by atoms with Gasteiger partial charge in [-0.15, -0.1) is 101 Å². The van der Waals surface area contributed by atoms with Gasteiger partial charge in [-0.2, -0.15) is 27.6 Å². The minimum Gasteiger partial charge on any atom is -0.365 e. The number of hydrogen-bond acceptors (Lipinski definition) is 9. The summed E-state index contributed by atoms with van der Waals surface area (Å²) in [7, 11) is 0.636. The monoisotopic (exact) mass is 2120 g/mol. The van der Waals surface area contributed by atoms with E-state index < -0.39 is 46.4 Å². The number of H-pyrrole nitrogens is 1. The molecule has 0 amide bonds. The molecule has 23 heteroatoms. The van der Waals surface area contributed by atoms with Crippen LogP contribution in [0.4, 0.5) is 35.1 Å². The van der Waals surface area contributed by atoms with E-state index in [1.54, 1.807) is 0 Å². The van der Waals surface area contributed by atoms with E-state index in [0.29, 0.717) is 42.1 Å². The molecule has 0 saturated heterocycles. The Bertz CT molecular complexity index is 4220. The molecule has 106 heavy (non-hydrogen) atoms. The van der Waals surface area contributed by atoms with Gasteiger partial charge in [0, 0.05) is 122 Å². The van der Waals surface area contributed by atoms with Crippen LogP contribution < -0.4 is 5.30 Å². The molecule has 0 bridgehead atoms. The van der Waals surface area contributed by atoms with Gasteiger partial charge in [-0.05, 0) is 122 Å². The summed E-state index contributed by atoms with van der Waals surface area (Å²) >= 11 is 1.50. The Hall–Kier alpha value is -4.69. The zero-order valence-corrected chi connectivity index (χ0v) is 71.8. The average Bonchev–Trinajstić information content (AvgIpc) is 1.52. The van der Waals surface area contributed by atoms with Crippen LogP contribution in [0.15, 0.2) is 130 Å². The first-order valence-corrected chi connectivity index (χ1v) is 38.2. The predicted octanol–water partition coefficient (Wildman–Crippen LogP) is 23.4. The fraction of sp³-hybridized carbons (Fsp3) is 0.482. The van der Waals surface area contributed by atoms with Gasteiger partial charge in [-0.1, -0.05) is 203 Å². The van der Waals surface area contributed by atoms with Crippen molar-refractivity contribution in [2.24, 2.45) is 38.5 Å². The fourth-order valence-electron chi connectivity index (χ4n) is 15.7. The average molecular weight is 2120 g/mol. The number of aromatic amines is 1. The number of nitrogens with zero attached hydrogens (tertiary/aromatic N) is 7. The fourth-order valence-corrected chi connectivity index (χ4v) is 17.7. The van der Waals surface area contributed by atoms with Gasteiger partial charge in [0.05, 0.1) is 10.8 Å². The van der Waals surface area contributed by atoms with Crippen LogP contribution in [0.2, 0.25) is 0 Å². The summed E-state index contributed by atoms with van der Waals surface area (Å²) in [5.74, 6) is -5.46. The van der Waals surface area contributed by atoms with Crippen molar-refractivity contribution < 1.29 is 120 Å². The molecule has 9 nitrogen and oxygen atoms in total. The van der Waals surface area contributed by atoms with E-state index in [1.807, 2.05) is 42.5 Å². The summed E-state index contributed by atoms with van der Waals surface area (Å²) in [5.41, 5.74) is 4.03. The zero-order valence-electron chi connectivity index (χ0n) is 61.3. The molecule has 3 aromatic heterocycles. The summed E-state index contributed by atoms with van der Waals surface area (Å²) < 4.78 is 118. The molecule has 4 saturated carbocycles. The number of alkyl halides is 3. The molecule has 8 aromatic rings. The SMILES string of the molecule is CC(C1=NC(c2[c-]ccc(-c3c(F)c(F)c(F)c(F)c3F)c2)=C2C=CC=CC12)C1(C)CCCC1.CC(c1nnc(-c2[c-]cc(C(F)(F)F)cc2)[nH]1)C1(C)CCCC1.CC1(CCCc2nsc(-c3[c-]cccc3)n2)CCCCC1.CC1(Cc2nc(C(C)(C)Pc3ccccc3)no2)CCCCCC1.[Ir].[Ir].[Ir].[Pd]. The van der Waals surface area contributed by atoms with E-state index in [-0.39, 0.29) is 120 Å². The number of aromatic nitrogens is 7. The summed E-state index contributed by atoms with van der Waals surface area (Å²) in [5, 5.41) is 14.9. The van der Waals surface area contributed by atoms with E-state index in [4.69, 9.17) is 14.5 Å². The number of halogens is 8. The van der Waals surface area contributed by atoms with Crippen LogP contribution in [-0.4, -0.2) is 40.4 Å². The van der Waals surface area contributed by atoms with Crippen molar-refractivity contribution in [3.63, 3.8) is 0 Å². The van der Waals surface area contributed by atoms with Crippen molar-refractivity contribution in [3.05, 3.63) is 203 Å². The maximum Gasteiger partial charge on any atom is 0.381 e. The van der Waals surface area contributed by atoms with Gasteiger partial charge in [0.1, 0.15) is 11.6 Å². The second-order valence-electron chi connectivity index (χ2n) is 30.8. The first-order chi connectivity index (χ1) is 48.7. The van der Waals surface area contributed by atoms with Gasteiger partial charge in [0.2, 0.25) is 11.7 Å². The van der Waals surface area contributed by atoms with E-state index in [2.05, 4.69) is 140 Å². The number of aliphatic imine (C=N–C) groups is 1. The van der Waals surface area contributed by atoms with E-state index in [0.717, 1.165) is 95.9 Å². The van der Waals surface area contributed by atoms with Crippen LogP contribution in [0.5, 0.6) is 0 Å². The molecular weight excluding hydrogens is 2020 g/mol. The van der Waals surface area contributed by atoms with E-state index in [9.17, 15) is 35.1 Å². The first-order valence-electron chi connectivity index (χ1n) is 36.4. The maximum absolute atomic E-state index is 14.5. The van der Waals surface area contributed by atoms with Crippen molar-refractivity contribution in [1.82, 2.24) is 34.7 Å². The number of nitrogens with one attached hydrogen (secondary N) is 1. The van der Waals surface area contributed by atoms with Crippen LogP contribution >= 0.6 is 20.1 Å². The second kappa shape index (κ2) is 39.0.